The van der Waals surface area contributed by atoms with Gasteiger partial charge in [-0.15, -0.1) is 0 Å². The third-order valence-corrected chi connectivity index (χ3v) is 5.63. The molecule has 1 heterocycles. The number of rotatable bonds is 5. The molecule has 0 aliphatic heterocycles. The van der Waals surface area contributed by atoms with Crippen molar-refractivity contribution in [3.05, 3.63) is 30.1 Å². The third-order valence-electron chi connectivity index (χ3n) is 5.63. The van der Waals surface area contributed by atoms with Crippen molar-refractivity contribution in [2.45, 2.75) is 64.1 Å². The molecule has 132 valence electrons. The molecule has 5 nitrogen and oxygen atoms in total. The molecule has 3 rings (SSSR count). The van der Waals surface area contributed by atoms with Gasteiger partial charge in [0, 0.05) is 31.3 Å². The largest absolute Gasteiger partial charge is 0.378 e. The molecule has 0 radical (unpaired) electrons. The number of aromatic nitrogens is 1. The normalized spacial score (nSPS) is 26.0. The molecule has 5 heteroatoms. The maximum atomic E-state index is 6.04. The van der Waals surface area contributed by atoms with Crippen LogP contribution in [0, 0.1) is 5.41 Å². The first-order valence-corrected chi connectivity index (χ1v) is 9.27. The fourth-order valence-corrected chi connectivity index (χ4v) is 4.30. The SMILES string of the molecule is CCOC1CC(NC(=NC)NCc2ccccn2)C12CCCCC2. The van der Waals surface area contributed by atoms with Crippen LogP contribution in [-0.2, 0) is 11.3 Å². The monoisotopic (exact) mass is 330 g/mol. The number of hydrogen-bond acceptors (Lipinski definition) is 3. The first-order chi connectivity index (χ1) is 11.8. The second-order valence-corrected chi connectivity index (χ2v) is 6.92. The van der Waals surface area contributed by atoms with E-state index in [1.54, 1.807) is 0 Å². The first kappa shape index (κ1) is 17.2. The van der Waals surface area contributed by atoms with Crippen LogP contribution < -0.4 is 10.6 Å². The van der Waals surface area contributed by atoms with E-state index in [9.17, 15) is 0 Å². The summed E-state index contributed by atoms with van der Waals surface area (Å²) in [6, 6.07) is 6.43. The van der Waals surface area contributed by atoms with Gasteiger partial charge in [-0.25, -0.2) is 0 Å². The predicted octanol–water partition coefficient (Wildman–Crippen LogP) is 2.87. The predicted molar refractivity (Wildman–Crippen MR) is 96.9 cm³/mol. The molecule has 0 amide bonds. The average molecular weight is 330 g/mol. The molecule has 2 aliphatic rings. The van der Waals surface area contributed by atoms with Gasteiger partial charge in [0.1, 0.15) is 0 Å². The summed E-state index contributed by atoms with van der Waals surface area (Å²) in [5.74, 6) is 0.866. The van der Waals surface area contributed by atoms with Gasteiger partial charge < -0.3 is 15.4 Å². The Morgan fingerprint density at radius 3 is 2.83 bits per heavy atom. The average Bonchev–Trinajstić information content (AvgIpc) is 2.65. The molecule has 2 fully saturated rings. The highest BCUT2D eigenvalue weighted by atomic mass is 16.5. The second kappa shape index (κ2) is 7.97. The zero-order valence-electron chi connectivity index (χ0n) is 14.9. The maximum absolute atomic E-state index is 6.04. The highest BCUT2D eigenvalue weighted by Gasteiger charge is 2.55. The third kappa shape index (κ3) is 3.56. The van der Waals surface area contributed by atoms with Crippen molar-refractivity contribution in [1.82, 2.24) is 15.6 Å². The Bertz CT molecular complexity index is 540. The fourth-order valence-electron chi connectivity index (χ4n) is 4.30. The lowest BCUT2D eigenvalue weighted by Crippen LogP contribution is -2.66. The minimum atomic E-state index is 0.302. The van der Waals surface area contributed by atoms with Crippen molar-refractivity contribution in [2.75, 3.05) is 13.7 Å². The number of pyridine rings is 1. The molecule has 2 N–H and O–H groups in total. The summed E-state index contributed by atoms with van der Waals surface area (Å²) >= 11 is 0. The molecular formula is C19H30N4O. The molecule has 1 spiro atoms. The van der Waals surface area contributed by atoms with E-state index in [1.807, 2.05) is 31.4 Å². The van der Waals surface area contributed by atoms with Gasteiger partial charge in [-0.05, 0) is 38.3 Å². The number of guanidine groups is 1. The van der Waals surface area contributed by atoms with Gasteiger partial charge >= 0.3 is 0 Å². The lowest BCUT2D eigenvalue weighted by Gasteiger charge is -2.57. The molecule has 2 atom stereocenters. The number of aliphatic imine (C=N–C) groups is 1. The van der Waals surface area contributed by atoms with E-state index >= 15 is 0 Å². The van der Waals surface area contributed by atoms with Crippen molar-refractivity contribution in [3.63, 3.8) is 0 Å². The van der Waals surface area contributed by atoms with Gasteiger partial charge in [-0.1, -0.05) is 25.3 Å². The quantitative estimate of drug-likeness (QED) is 0.644. The Hall–Kier alpha value is -1.62. The van der Waals surface area contributed by atoms with E-state index < -0.39 is 0 Å². The summed E-state index contributed by atoms with van der Waals surface area (Å²) in [7, 11) is 1.83. The Labute approximate surface area is 145 Å². The summed E-state index contributed by atoms with van der Waals surface area (Å²) in [5.41, 5.74) is 1.32. The number of hydrogen-bond donors (Lipinski definition) is 2. The standard InChI is InChI=1S/C19H30N4O/c1-3-24-17-13-16(19(17)10-6-4-7-11-19)23-18(20-2)22-14-15-9-5-8-12-21-15/h5,8-9,12,16-17H,3-4,6-7,10-11,13-14H2,1-2H3,(H2,20,22,23). The molecule has 0 saturated heterocycles. The minimum Gasteiger partial charge on any atom is -0.378 e. The van der Waals surface area contributed by atoms with Gasteiger partial charge in [0.25, 0.3) is 0 Å². The first-order valence-electron chi connectivity index (χ1n) is 9.27. The van der Waals surface area contributed by atoms with E-state index in [1.165, 1.54) is 32.1 Å². The van der Waals surface area contributed by atoms with E-state index in [4.69, 9.17) is 4.74 Å². The zero-order chi connectivity index (χ0) is 16.8. The van der Waals surface area contributed by atoms with Gasteiger partial charge in [-0.2, -0.15) is 0 Å². The summed E-state index contributed by atoms with van der Waals surface area (Å²) in [4.78, 5) is 8.75. The van der Waals surface area contributed by atoms with E-state index in [2.05, 4.69) is 27.5 Å². The van der Waals surface area contributed by atoms with E-state index in [-0.39, 0.29) is 0 Å². The molecule has 0 aromatic carbocycles. The Morgan fingerprint density at radius 2 is 2.17 bits per heavy atom. The Kier molecular flexibility index (Phi) is 5.72. The molecular weight excluding hydrogens is 300 g/mol. The highest BCUT2D eigenvalue weighted by molar-refractivity contribution is 5.80. The van der Waals surface area contributed by atoms with Crippen LogP contribution in [0.5, 0.6) is 0 Å². The van der Waals surface area contributed by atoms with Crippen molar-refractivity contribution in [3.8, 4) is 0 Å². The summed E-state index contributed by atoms with van der Waals surface area (Å²) in [6.07, 6.45) is 9.86. The van der Waals surface area contributed by atoms with Crippen molar-refractivity contribution < 1.29 is 4.74 Å². The van der Waals surface area contributed by atoms with Crippen LogP contribution in [0.25, 0.3) is 0 Å². The smallest absolute Gasteiger partial charge is 0.191 e. The van der Waals surface area contributed by atoms with Crippen LogP contribution in [0.15, 0.2) is 29.4 Å². The van der Waals surface area contributed by atoms with Crippen molar-refractivity contribution in [2.24, 2.45) is 10.4 Å². The van der Waals surface area contributed by atoms with Gasteiger partial charge in [-0.3, -0.25) is 9.98 Å². The summed E-state index contributed by atoms with van der Waals surface area (Å²) in [5, 5.41) is 7.04. The van der Waals surface area contributed by atoms with Gasteiger partial charge in [0.05, 0.1) is 18.3 Å². The number of nitrogens with zero attached hydrogens (tertiary/aromatic N) is 2. The fraction of sp³-hybridized carbons (Fsp3) is 0.684. The Balaban J connectivity index is 1.59. The van der Waals surface area contributed by atoms with Crippen molar-refractivity contribution >= 4 is 5.96 Å². The number of ether oxygens (including phenoxy) is 1. The zero-order valence-corrected chi connectivity index (χ0v) is 14.9. The molecule has 1 aromatic heterocycles. The van der Waals surface area contributed by atoms with E-state index in [0.717, 1.165) is 24.7 Å². The van der Waals surface area contributed by atoms with Crippen LogP contribution in [0.3, 0.4) is 0 Å². The lowest BCUT2D eigenvalue weighted by atomic mass is 9.55. The molecule has 2 unspecified atom stereocenters. The van der Waals surface area contributed by atoms with Crippen LogP contribution in [-0.4, -0.2) is 36.7 Å². The second-order valence-electron chi connectivity index (χ2n) is 6.92. The Morgan fingerprint density at radius 1 is 1.33 bits per heavy atom. The van der Waals surface area contributed by atoms with E-state index in [0.29, 0.717) is 24.1 Å². The summed E-state index contributed by atoms with van der Waals surface area (Å²) in [6.45, 7) is 3.60. The molecule has 2 saturated carbocycles. The van der Waals surface area contributed by atoms with Gasteiger partial charge in [0.2, 0.25) is 0 Å². The molecule has 0 bridgehead atoms. The summed E-state index contributed by atoms with van der Waals surface area (Å²) < 4.78 is 6.04. The van der Waals surface area contributed by atoms with Gasteiger partial charge in [0.15, 0.2) is 5.96 Å². The van der Waals surface area contributed by atoms with Crippen LogP contribution >= 0.6 is 0 Å². The highest BCUT2D eigenvalue weighted by Crippen LogP contribution is 2.53. The lowest BCUT2D eigenvalue weighted by molar-refractivity contribution is -0.145. The molecule has 24 heavy (non-hydrogen) atoms. The van der Waals surface area contributed by atoms with Crippen LogP contribution in [0.4, 0.5) is 0 Å². The maximum Gasteiger partial charge on any atom is 0.191 e. The topological polar surface area (TPSA) is 58.5 Å². The van der Waals surface area contributed by atoms with Crippen LogP contribution in [0.1, 0.15) is 51.1 Å². The molecule has 1 aromatic rings. The minimum absolute atomic E-state index is 0.302. The van der Waals surface area contributed by atoms with Crippen LogP contribution in [0.2, 0.25) is 0 Å². The number of nitrogens with one attached hydrogen (secondary N) is 2. The molecule has 2 aliphatic carbocycles. The van der Waals surface area contributed by atoms with Crippen molar-refractivity contribution in [1.29, 1.82) is 0 Å².